The van der Waals surface area contributed by atoms with Crippen LogP contribution in [0.5, 0.6) is 11.5 Å². The van der Waals surface area contributed by atoms with Gasteiger partial charge in [0.1, 0.15) is 11.5 Å². The van der Waals surface area contributed by atoms with Crippen LogP contribution in [0.4, 0.5) is 0 Å². The number of ether oxygens (including phenoxy) is 1. The van der Waals surface area contributed by atoms with Crippen molar-refractivity contribution in [2.45, 2.75) is 20.8 Å². The highest BCUT2D eigenvalue weighted by atomic mass is 16.5. The Labute approximate surface area is 120 Å². The van der Waals surface area contributed by atoms with Gasteiger partial charge in [0.25, 0.3) is 0 Å². The Hall–Kier alpha value is -2.22. The van der Waals surface area contributed by atoms with Gasteiger partial charge in [-0.2, -0.15) is 0 Å². The first-order valence-electron chi connectivity index (χ1n) is 6.59. The van der Waals surface area contributed by atoms with E-state index in [-0.39, 0.29) is 0 Å². The lowest BCUT2D eigenvalue weighted by Gasteiger charge is -2.16. The summed E-state index contributed by atoms with van der Waals surface area (Å²) in [5, 5.41) is 10.1. The number of rotatable bonds is 3. The lowest BCUT2D eigenvalue weighted by Crippen LogP contribution is -1.96. The van der Waals surface area contributed by atoms with Crippen molar-refractivity contribution in [1.29, 1.82) is 0 Å². The third kappa shape index (κ3) is 2.42. The molecule has 0 fully saturated rings. The van der Waals surface area contributed by atoms with Crippen LogP contribution in [-0.4, -0.2) is 12.2 Å². The van der Waals surface area contributed by atoms with Crippen LogP contribution in [0.3, 0.4) is 0 Å². The molecule has 0 amide bonds. The molecule has 1 N–H and O–H groups in total. The van der Waals surface area contributed by atoms with Crippen LogP contribution in [0.1, 0.15) is 27.8 Å². The van der Waals surface area contributed by atoms with Crippen molar-refractivity contribution < 1.29 is 9.84 Å². The lowest BCUT2D eigenvalue weighted by atomic mass is 9.90. The fraction of sp³-hybridized carbons (Fsp3) is 0.222. The molecule has 2 aromatic carbocycles. The van der Waals surface area contributed by atoms with E-state index in [2.05, 4.69) is 6.58 Å². The zero-order valence-electron chi connectivity index (χ0n) is 12.4. The first-order chi connectivity index (χ1) is 9.45. The molecule has 104 valence electrons. The molecule has 0 aromatic heterocycles. The number of methoxy groups -OCH3 is 1. The molecule has 2 aromatic rings. The summed E-state index contributed by atoms with van der Waals surface area (Å²) in [6.07, 6.45) is 0. The number of hydrogen-bond acceptors (Lipinski definition) is 2. The minimum atomic E-state index is 0.347. The molecule has 0 aliphatic rings. The van der Waals surface area contributed by atoms with E-state index in [4.69, 9.17) is 4.74 Å². The molecule has 0 saturated heterocycles. The average molecular weight is 268 g/mol. The Bertz CT molecular complexity index is 652. The fourth-order valence-electron chi connectivity index (χ4n) is 2.58. The van der Waals surface area contributed by atoms with Crippen molar-refractivity contribution in [3.05, 3.63) is 64.7 Å². The quantitative estimate of drug-likeness (QED) is 0.894. The summed E-state index contributed by atoms with van der Waals surface area (Å²) in [4.78, 5) is 0. The number of phenols is 1. The summed E-state index contributed by atoms with van der Waals surface area (Å²) in [5.41, 5.74) is 5.85. The third-order valence-electron chi connectivity index (χ3n) is 3.67. The van der Waals surface area contributed by atoms with E-state index in [9.17, 15) is 5.11 Å². The first-order valence-corrected chi connectivity index (χ1v) is 6.59. The summed E-state index contributed by atoms with van der Waals surface area (Å²) in [7, 11) is 1.65. The molecular weight excluding hydrogens is 248 g/mol. The highest BCUT2D eigenvalue weighted by Crippen LogP contribution is 2.34. The molecule has 20 heavy (non-hydrogen) atoms. The number of aryl methyl sites for hydroxylation is 2. The van der Waals surface area contributed by atoms with E-state index < -0.39 is 0 Å². The van der Waals surface area contributed by atoms with E-state index in [0.29, 0.717) is 5.75 Å². The summed E-state index contributed by atoms with van der Waals surface area (Å²) >= 11 is 0. The van der Waals surface area contributed by atoms with Gasteiger partial charge in [-0.05, 0) is 66.3 Å². The van der Waals surface area contributed by atoms with Gasteiger partial charge in [0.15, 0.2) is 0 Å². The van der Waals surface area contributed by atoms with Crippen LogP contribution in [-0.2, 0) is 0 Å². The van der Waals surface area contributed by atoms with E-state index in [1.54, 1.807) is 7.11 Å². The second kappa shape index (κ2) is 5.41. The number of aromatic hydroxyl groups is 1. The normalized spacial score (nSPS) is 10.4. The smallest absolute Gasteiger partial charge is 0.122 e. The van der Waals surface area contributed by atoms with Crippen molar-refractivity contribution >= 4 is 5.57 Å². The lowest BCUT2D eigenvalue weighted by molar-refractivity contribution is 0.415. The predicted molar refractivity (Wildman–Crippen MR) is 83.4 cm³/mol. The second-order valence-electron chi connectivity index (χ2n) is 5.07. The zero-order valence-corrected chi connectivity index (χ0v) is 12.4. The molecule has 0 spiro atoms. The van der Waals surface area contributed by atoms with Crippen LogP contribution in [0, 0.1) is 20.8 Å². The van der Waals surface area contributed by atoms with Gasteiger partial charge in [0.2, 0.25) is 0 Å². The predicted octanol–water partition coefficient (Wildman–Crippen LogP) is 4.39. The van der Waals surface area contributed by atoms with Gasteiger partial charge in [0.05, 0.1) is 7.11 Å². The number of hydrogen-bond donors (Lipinski definition) is 1. The van der Waals surface area contributed by atoms with E-state index >= 15 is 0 Å². The topological polar surface area (TPSA) is 29.5 Å². The molecule has 0 aliphatic heterocycles. The minimum absolute atomic E-state index is 0.347. The SMILES string of the molecule is C=C(c1ccc(OC)cc1)c1c(C)cc(C)c(O)c1C. The first kappa shape index (κ1) is 14.2. The number of benzene rings is 2. The monoisotopic (exact) mass is 268 g/mol. The van der Waals surface area contributed by atoms with Crippen molar-refractivity contribution in [2.75, 3.05) is 7.11 Å². The standard InChI is InChI=1S/C18H20O2/c1-11-10-12(2)18(19)14(4)17(11)13(3)15-6-8-16(20-5)9-7-15/h6-10,19H,3H2,1-2,4-5H3. The molecule has 0 radical (unpaired) electrons. The van der Waals surface area contributed by atoms with Crippen LogP contribution in [0.2, 0.25) is 0 Å². The van der Waals surface area contributed by atoms with Gasteiger partial charge < -0.3 is 9.84 Å². The molecule has 2 rings (SSSR count). The van der Waals surface area contributed by atoms with Crippen molar-refractivity contribution in [2.24, 2.45) is 0 Å². The molecule has 2 nitrogen and oxygen atoms in total. The van der Waals surface area contributed by atoms with Crippen LogP contribution in [0.15, 0.2) is 36.9 Å². The van der Waals surface area contributed by atoms with Gasteiger partial charge in [-0.25, -0.2) is 0 Å². The van der Waals surface area contributed by atoms with Crippen molar-refractivity contribution in [1.82, 2.24) is 0 Å². The third-order valence-corrected chi connectivity index (χ3v) is 3.67. The molecule has 0 heterocycles. The zero-order chi connectivity index (χ0) is 14.9. The highest BCUT2D eigenvalue weighted by molar-refractivity contribution is 5.83. The summed E-state index contributed by atoms with van der Waals surface area (Å²) in [5.74, 6) is 1.17. The average Bonchev–Trinajstić information content (AvgIpc) is 2.45. The van der Waals surface area contributed by atoms with E-state index in [1.807, 2.05) is 51.1 Å². The van der Waals surface area contributed by atoms with E-state index in [1.165, 1.54) is 0 Å². The maximum absolute atomic E-state index is 10.1. The largest absolute Gasteiger partial charge is 0.507 e. The Kier molecular flexibility index (Phi) is 3.84. The van der Waals surface area contributed by atoms with Gasteiger partial charge in [0, 0.05) is 0 Å². The molecule has 0 atom stereocenters. The van der Waals surface area contributed by atoms with E-state index in [0.717, 1.165) is 39.1 Å². The molecule has 2 heteroatoms. The van der Waals surface area contributed by atoms with Gasteiger partial charge >= 0.3 is 0 Å². The molecule has 0 bridgehead atoms. The summed E-state index contributed by atoms with van der Waals surface area (Å²) in [6.45, 7) is 10.1. The molecule has 0 aliphatic carbocycles. The minimum Gasteiger partial charge on any atom is -0.507 e. The van der Waals surface area contributed by atoms with Gasteiger partial charge in [-0.15, -0.1) is 0 Å². The highest BCUT2D eigenvalue weighted by Gasteiger charge is 2.14. The molecule has 0 unspecified atom stereocenters. The maximum Gasteiger partial charge on any atom is 0.122 e. The maximum atomic E-state index is 10.1. The Morgan fingerprint density at radius 3 is 2.20 bits per heavy atom. The van der Waals surface area contributed by atoms with Crippen molar-refractivity contribution in [3.8, 4) is 11.5 Å². The van der Waals surface area contributed by atoms with Gasteiger partial charge in [-0.1, -0.05) is 24.8 Å². The second-order valence-corrected chi connectivity index (χ2v) is 5.07. The fourth-order valence-corrected chi connectivity index (χ4v) is 2.58. The summed E-state index contributed by atoms with van der Waals surface area (Å²) in [6, 6.07) is 9.79. The Balaban J connectivity index is 2.50. The van der Waals surface area contributed by atoms with Crippen LogP contribution >= 0.6 is 0 Å². The Morgan fingerprint density at radius 2 is 1.65 bits per heavy atom. The number of phenolic OH excluding ortho intramolecular Hbond substituents is 1. The molecule has 0 saturated carbocycles. The Morgan fingerprint density at radius 1 is 1.05 bits per heavy atom. The van der Waals surface area contributed by atoms with Crippen LogP contribution < -0.4 is 4.74 Å². The van der Waals surface area contributed by atoms with Gasteiger partial charge in [-0.3, -0.25) is 0 Å². The molecular formula is C18H20O2. The summed E-state index contributed by atoms with van der Waals surface area (Å²) < 4.78 is 5.17. The van der Waals surface area contributed by atoms with Crippen LogP contribution in [0.25, 0.3) is 5.57 Å². The van der Waals surface area contributed by atoms with Crippen molar-refractivity contribution in [3.63, 3.8) is 0 Å².